The number of hydrogen-bond acceptors (Lipinski definition) is 3. The van der Waals surface area contributed by atoms with Crippen molar-refractivity contribution in [1.82, 2.24) is 0 Å². The lowest BCUT2D eigenvalue weighted by Gasteiger charge is -2.27. The van der Waals surface area contributed by atoms with Crippen molar-refractivity contribution >= 4 is 22.6 Å². The van der Waals surface area contributed by atoms with Gasteiger partial charge < -0.3 is 14.2 Å². The number of alkyl halides is 1. The molecule has 0 spiro atoms. The summed E-state index contributed by atoms with van der Waals surface area (Å²) in [4.78, 5) is 0. The molecule has 3 nitrogen and oxygen atoms in total. The van der Waals surface area contributed by atoms with Crippen molar-refractivity contribution < 1.29 is 14.2 Å². The Morgan fingerprint density at radius 1 is 1.06 bits per heavy atom. The molecule has 94 valence electrons. The normalized spacial score (nSPS) is 35.4. The quantitative estimate of drug-likeness (QED) is 0.437. The number of hydrogen-bond donors (Lipinski definition) is 0. The molecule has 2 fully saturated rings. The summed E-state index contributed by atoms with van der Waals surface area (Å²) >= 11 is 2.52. The van der Waals surface area contributed by atoms with Crippen molar-refractivity contribution in [3.05, 3.63) is 0 Å². The Morgan fingerprint density at radius 3 is 2.62 bits per heavy atom. The van der Waals surface area contributed by atoms with Gasteiger partial charge in [0.25, 0.3) is 0 Å². The fraction of sp³-hybridized carbons (Fsp3) is 1.00. The zero-order valence-corrected chi connectivity index (χ0v) is 11.9. The van der Waals surface area contributed by atoms with Crippen molar-refractivity contribution in [2.75, 3.05) is 26.4 Å². The molecule has 1 aliphatic heterocycles. The first-order chi connectivity index (χ1) is 7.86. The van der Waals surface area contributed by atoms with Crippen LogP contribution in [0.5, 0.6) is 0 Å². The smallest absolute Gasteiger partial charge is 0.0831 e. The summed E-state index contributed by atoms with van der Waals surface area (Å²) in [6, 6.07) is 0. The van der Waals surface area contributed by atoms with E-state index in [0.717, 1.165) is 26.2 Å². The molecule has 0 bridgehead atoms. The summed E-state index contributed by atoms with van der Waals surface area (Å²) in [6.45, 7) is 3.07. The third kappa shape index (κ3) is 4.13. The summed E-state index contributed by atoms with van der Waals surface area (Å²) in [5, 5.41) is 0. The molecule has 3 unspecified atom stereocenters. The Morgan fingerprint density at radius 2 is 1.88 bits per heavy atom. The van der Waals surface area contributed by atoms with Crippen LogP contribution < -0.4 is 0 Å². The minimum Gasteiger partial charge on any atom is -0.379 e. The molecular formula is C12H21IO3. The largest absolute Gasteiger partial charge is 0.379 e. The number of rotatable bonds is 5. The van der Waals surface area contributed by atoms with Crippen molar-refractivity contribution in [2.45, 2.75) is 48.2 Å². The standard InChI is InChI=1S/C12H21IO3/c13-11-3-1-2-4-12(11)16-8-7-15-10-5-6-14-9-10/h10-12H,1-9H2. The number of ether oxygens (including phenoxy) is 3. The van der Waals surface area contributed by atoms with Gasteiger partial charge in [-0.1, -0.05) is 35.4 Å². The average molecular weight is 340 g/mol. The van der Waals surface area contributed by atoms with Gasteiger partial charge in [-0.3, -0.25) is 0 Å². The zero-order valence-electron chi connectivity index (χ0n) is 9.70. The Labute approximate surface area is 111 Å². The maximum absolute atomic E-state index is 5.88. The highest BCUT2D eigenvalue weighted by Gasteiger charge is 2.23. The highest BCUT2D eigenvalue weighted by Crippen LogP contribution is 2.27. The minimum absolute atomic E-state index is 0.311. The molecular weight excluding hydrogens is 319 g/mol. The molecule has 2 aliphatic rings. The first kappa shape index (κ1) is 13.1. The predicted molar refractivity (Wildman–Crippen MR) is 71.2 cm³/mol. The monoisotopic (exact) mass is 340 g/mol. The van der Waals surface area contributed by atoms with E-state index in [1.165, 1.54) is 25.7 Å². The van der Waals surface area contributed by atoms with E-state index in [2.05, 4.69) is 22.6 Å². The molecule has 1 saturated heterocycles. The van der Waals surface area contributed by atoms with E-state index in [1.807, 2.05) is 0 Å². The summed E-state index contributed by atoms with van der Waals surface area (Å²) in [5.74, 6) is 0. The van der Waals surface area contributed by atoms with Crippen LogP contribution in [0.15, 0.2) is 0 Å². The summed E-state index contributed by atoms with van der Waals surface area (Å²) < 4.78 is 17.5. The van der Waals surface area contributed by atoms with Gasteiger partial charge in [0.05, 0.1) is 32.0 Å². The minimum atomic E-state index is 0.311. The number of halogens is 1. The maximum atomic E-state index is 5.88. The molecule has 1 aliphatic carbocycles. The molecule has 0 aromatic rings. The maximum Gasteiger partial charge on any atom is 0.0831 e. The summed E-state index contributed by atoms with van der Waals surface area (Å²) in [7, 11) is 0. The van der Waals surface area contributed by atoms with Gasteiger partial charge in [0.1, 0.15) is 0 Å². The lowest BCUT2D eigenvalue weighted by atomic mass is 9.98. The first-order valence-corrected chi connectivity index (χ1v) is 7.56. The second kappa shape index (κ2) is 7.13. The molecule has 1 heterocycles. The van der Waals surface area contributed by atoms with Crippen LogP contribution in [0.2, 0.25) is 0 Å². The van der Waals surface area contributed by atoms with Gasteiger partial charge in [-0.05, 0) is 19.3 Å². The lowest BCUT2D eigenvalue weighted by molar-refractivity contribution is -0.0294. The molecule has 0 aromatic carbocycles. The Hall–Kier alpha value is 0.610. The molecule has 3 atom stereocenters. The third-order valence-corrected chi connectivity index (χ3v) is 4.70. The molecule has 0 radical (unpaired) electrons. The van der Waals surface area contributed by atoms with Crippen LogP contribution in [0.3, 0.4) is 0 Å². The Balaban J connectivity index is 1.53. The van der Waals surface area contributed by atoms with Gasteiger partial charge in [0.15, 0.2) is 0 Å². The Bertz CT molecular complexity index is 195. The van der Waals surface area contributed by atoms with Gasteiger partial charge in [-0.25, -0.2) is 0 Å². The third-order valence-electron chi connectivity index (χ3n) is 3.28. The van der Waals surface area contributed by atoms with Crippen molar-refractivity contribution in [3.63, 3.8) is 0 Å². The second-order valence-corrected chi connectivity index (χ2v) is 6.17. The molecule has 16 heavy (non-hydrogen) atoms. The Kier molecular flexibility index (Phi) is 5.82. The average Bonchev–Trinajstić information content (AvgIpc) is 2.79. The van der Waals surface area contributed by atoms with Crippen molar-refractivity contribution in [2.24, 2.45) is 0 Å². The zero-order chi connectivity index (χ0) is 11.2. The van der Waals surface area contributed by atoms with E-state index >= 15 is 0 Å². The summed E-state index contributed by atoms with van der Waals surface area (Å²) in [5.41, 5.74) is 0. The molecule has 0 aromatic heterocycles. The van der Waals surface area contributed by atoms with E-state index in [-0.39, 0.29) is 0 Å². The van der Waals surface area contributed by atoms with E-state index in [9.17, 15) is 0 Å². The highest BCUT2D eigenvalue weighted by molar-refractivity contribution is 14.1. The van der Waals surface area contributed by atoms with Gasteiger partial charge in [-0.2, -0.15) is 0 Å². The second-order valence-electron chi connectivity index (χ2n) is 4.57. The molecule has 2 rings (SSSR count). The van der Waals surface area contributed by atoms with E-state index in [0.29, 0.717) is 22.7 Å². The molecule has 0 amide bonds. The SMILES string of the molecule is IC1CCCCC1OCCOC1CCOC1. The van der Waals surface area contributed by atoms with Crippen LogP contribution >= 0.6 is 22.6 Å². The van der Waals surface area contributed by atoms with Gasteiger partial charge in [0.2, 0.25) is 0 Å². The van der Waals surface area contributed by atoms with Crippen LogP contribution in [-0.4, -0.2) is 42.6 Å². The van der Waals surface area contributed by atoms with E-state index in [1.54, 1.807) is 0 Å². The predicted octanol–water partition coefficient (Wildman–Crippen LogP) is 2.55. The highest BCUT2D eigenvalue weighted by atomic mass is 127. The van der Waals surface area contributed by atoms with Gasteiger partial charge in [-0.15, -0.1) is 0 Å². The first-order valence-electron chi connectivity index (χ1n) is 6.31. The van der Waals surface area contributed by atoms with Crippen LogP contribution in [0.1, 0.15) is 32.1 Å². The van der Waals surface area contributed by atoms with Crippen molar-refractivity contribution in [3.8, 4) is 0 Å². The lowest BCUT2D eigenvalue weighted by Crippen LogP contribution is -2.29. The van der Waals surface area contributed by atoms with Crippen LogP contribution in [-0.2, 0) is 14.2 Å². The molecule has 0 N–H and O–H groups in total. The molecule has 4 heteroatoms. The van der Waals surface area contributed by atoms with Crippen LogP contribution in [0, 0.1) is 0 Å². The van der Waals surface area contributed by atoms with Gasteiger partial charge in [0, 0.05) is 10.5 Å². The topological polar surface area (TPSA) is 27.7 Å². The van der Waals surface area contributed by atoms with E-state index < -0.39 is 0 Å². The van der Waals surface area contributed by atoms with Crippen molar-refractivity contribution in [1.29, 1.82) is 0 Å². The van der Waals surface area contributed by atoms with E-state index in [4.69, 9.17) is 14.2 Å². The van der Waals surface area contributed by atoms with Crippen LogP contribution in [0.25, 0.3) is 0 Å². The summed E-state index contributed by atoms with van der Waals surface area (Å²) in [6.07, 6.45) is 7.02. The molecule has 1 saturated carbocycles. The van der Waals surface area contributed by atoms with Gasteiger partial charge >= 0.3 is 0 Å². The fourth-order valence-electron chi connectivity index (χ4n) is 2.30. The van der Waals surface area contributed by atoms with Crippen LogP contribution in [0.4, 0.5) is 0 Å². The fourth-order valence-corrected chi connectivity index (χ4v) is 3.31.